The summed E-state index contributed by atoms with van der Waals surface area (Å²) in [5, 5.41) is 0. The van der Waals surface area contributed by atoms with Gasteiger partial charge in [0, 0.05) is 5.41 Å². The van der Waals surface area contributed by atoms with Crippen molar-refractivity contribution in [2.75, 3.05) is 6.61 Å². The quantitative estimate of drug-likeness (QED) is 0.773. The van der Waals surface area contributed by atoms with Crippen LogP contribution in [0.1, 0.15) is 53.1 Å². The molecule has 0 N–H and O–H groups in total. The second-order valence-electron chi connectivity index (χ2n) is 7.87. The maximum absolute atomic E-state index is 12.7. The second-order valence-corrected chi connectivity index (χ2v) is 7.87. The zero-order chi connectivity index (χ0) is 16.5. The first kappa shape index (κ1) is 16.8. The normalized spacial score (nSPS) is 22.7. The summed E-state index contributed by atoms with van der Waals surface area (Å²) in [7, 11) is 0. The highest BCUT2D eigenvalue weighted by atomic mass is 16.6. The molecule has 2 atom stereocenters. The zero-order valence-electron chi connectivity index (χ0n) is 14.4. The fourth-order valence-corrected chi connectivity index (χ4v) is 2.64. The highest BCUT2D eigenvalue weighted by Gasteiger charge is 2.46. The molecule has 122 valence electrons. The van der Waals surface area contributed by atoms with Gasteiger partial charge in [0.05, 0.1) is 12.6 Å². The van der Waals surface area contributed by atoms with Crippen LogP contribution >= 0.6 is 0 Å². The molecule has 1 fully saturated rings. The Balaban J connectivity index is 2.32. The van der Waals surface area contributed by atoms with E-state index in [4.69, 9.17) is 9.47 Å². The fourth-order valence-electron chi connectivity index (χ4n) is 2.64. The Morgan fingerprint density at radius 2 is 1.73 bits per heavy atom. The van der Waals surface area contributed by atoms with E-state index in [-0.39, 0.29) is 23.8 Å². The van der Waals surface area contributed by atoms with Crippen LogP contribution in [-0.2, 0) is 9.47 Å². The number of amides is 1. The Morgan fingerprint density at radius 1 is 1.14 bits per heavy atom. The van der Waals surface area contributed by atoms with Crippen molar-refractivity contribution in [3.05, 3.63) is 35.9 Å². The number of nitrogens with zero attached hydrogens (tertiary/aromatic N) is 1. The van der Waals surface area contributed by atoms with Crippen LogP contribution in [0.5, 0.6) is 0 Å². The molecule has 0 aromatic heterocycles. The molecular weight excluding hydrogens is 278 g/mol. The lowest BCUT2D eigenvalue weighted by Crippen LogP contribution is -2.46. The summed E-state index contributed by atoms with van der Waals surface area (Å²) in [6.07, 6.45) is -0.619. The SMILES string of the molecule is CC(C)(C)OC(=O)N1C(c2ccccc2)COC1C(C)(C)C. The van der Waals surface area contributed by atoms with E-state index in [0.717, 1.165) is 5.56 Å². The highest BCUT2D eigenvalue weighted by Crippen LogP contribution is 2.39. The van der Waals surface area contributed by atoms with Gasteiger partial charge in [0.1, 0.15) is 11.8 Å². The standard InChI is InChI=1S/C18H27NO3/c1-17(2,3)15-19(16(20)22-18(4,5)6)14(12-21-15)13-10-8-7-9-11-13/h7-11,14-15H,12H2,1-6H3. The van der Waals surface area contributed by atoms with Gasteiger partial charge in [0.15, 0.2) is 0 Å². The van der Waals surface area contributed by atoms with Gasteiger partial charge < -0.3 is 9.47 Å². The lowest BCUT2D eigenvalue weighted by molar-refractivity contribution is -0.0585. The number of hydrogen-bond donors (Lipinski definition) is 0. The average molecular weight is 305 g/mol. The molecule has 0 saturated carbocycles. The van der Waals surface area contributed by atoms with Crippen molar-refractivity contribution >= 4 is 6.09 Å². The second kappa shape index (κ2) is 5.92. The van der Waals surface area contributed by atoms with E-state index in [1.54, 1.807) is 4.90 Å². The van der Waals surface area contributed by atoms with Crippen LogP contribution in [0.4, 0.5) is 4.79 Å². The number of rotatable bonds is 1. The maximum atomic E-state index is 12.7. The first-order valence-electron chi connectivity index (χ1n) is 7.77. The van der Waals surface area contributed by atoms with E-state index in [1.807, 2.05) is 51.1 Å². The van der Waals surface area contributed by atoms with Gasteiger partial charge in [-0.1, -0.05) is 51.1 Å². The average Bonchev–Trinajstić information content (AvgIpc) is 2.82. The van der Waals surface area contributed by atoms with Gasteiger partial charge in [-0.15, -0.1) is 0 Å². The molecule has 0 bridgehead atoms. The predicted octanol–water partition coefficient (Wildman–Crippen LogP) is 4.37. The van der Waals surface area contributed by atoms with Crippen molar-refractivity contribution < 1.29 is 14.3 Å². The number of ether oxygens (including phenoxy) is 2. The summed E-state index contributed by atoms with van der Waals surface area (Å²) in [5.74, 6) is 0. The molecule has 1 aromatic carbocycles. The molecule has 2 rings (SSSR count). The van der Waals surface area contributed by atoms with Gasteiger partial charge in [0.25, 0.3) is 0 Å². The van der Waals surface area contributed by atoms with Crippen LogP contribution in [-0.4, -0.2) is 29.4 Å². The van der Waals surface area contributed by atoms with E-state index >= 15 is 0 Å². The van der Waals surface area contributed by atoms with Gasteiger partial charge in [-0.3, -0.25) is 4.90 Å². The first-order chi connectivity index (χ1) is 10.1. The summed E-state index contributed by atoms with van der Waals surface area (Å²) in [6, 6.07) is 9.87. The predicted molar refractivity (Wildman–Crippen MR) is 86.5 cm³/mol. The van der Waals surface area contributed by atoms with Gasteiger partial charge in [-0.25, -0.2) is 4.79 Å². The summed E-state index contributed by atoms with van der Waals surface area (Å²) < 4.78 is 11.6. The number of hydrogen-bond acceptors (Lipinski definition) is 3. The Hall–Kier alpha value is -1.55. The van der Waals surface area contributed by atoms with Crippen molar-refractivity contribution in [1.29, 1.82) is 0 Å². The first-order valence-corrected chi connectivity index (χ1v) is 7.77. The van der Waals surface area contributed by atoms with Crippen molar-refractivity contribution in [1.82, 2.24) is 4.90 Å². The van der Waals surface area contributed by atoms with Crippen LogP contribution in [0.3, 0.4) is 0 Å². The minimum Gasteiger partial charge on any atom is -0.444 e. The fraction of sp³-hybridized carbons (Fsp3) is 0.611. The molecule has 1 amide bonds. The van der Waals surface area contributed by atoms with E-state index in [1.165, 1.54) is 0 Å². The van der Waals surface area contributed by atoms with E-state index in [2.05, 4.69) is 20.8 Å². The third-order valence-corrected chi connectivity index (χ3v) is 3.53. The zero-order valence-corrected chi connectivity index (χ0v) is 14.4. The maximum Gasteiger partial charge on any atom is 0.412 e. The minimum atomic E-state index is -0.524. The van der Waals surface area contributed by atoms with Gasteiger partial charge in [-0.2, -0.15) is 0 Å². The number of carbonyl (C=O) groups excluding carboxylic acids is 1. The monoisotopic (exact) mass is 305 g/mol. The third-order valence-electron chi connectivity index (χ3n) is 3.53. The van der Waals surface area contributed by atoms with Crippen molar-refractivity contribution in [2.45, 2.75) is 59.4 Å². The molecule has 22 heavy (non-hydrogen) atoms. The van der Waals surface area contributed by atoms with Crippen LogP contribution < -0.4 is 0 Å². The van der Waals surface area contributed by atoms with Crippen LogP contribution in [0.15, 0.2) is 30.3 Å². The molecule has 2 unspecified atom stereocenters. The smallest absolute Gasteiger partial charge is 0.412 e. The molecule has 0 spiro atoms. The van der Waals surface area contributed by atoms with Crippen LogP contribution in [0.2, 0.25) is 0 Å². The Morgan fingerprint density at radius 3 is 2.23 bits per heavy atom. The lowest BCUT2D eigenvalue weighted by Gasteiger charge is -2.36. The van der Waals surface area contributed by atoms with Crippen LogP contribution in [0, 0.1) is 5.41 Å². The topological polar surface area (TPSA) is 38.8 Å². The van der Waals surface area contributed by atoms with Crippen molar-refractivity contribution in [3.8, 4) is 0 Å². The lowest BCUT2D eigenvalue weighted by atomic mass is 9.93. The largest absolute Gasteiger partial charge is 0.444 e. The van der Waals surface area contributed by atoms with E-state index in [0.29, 0.717) is 6.61 Å². The molecule has 1 saturated heterocycles. The molecule has 1 heterocycles. The van der Waals surface area contributed by atoms with Crippen molar-refractivity contribution in [3.63, 3.8) is 0 Å². The van der Waals surface area contributed by atoms with Gasteiger partial charge >= 0.3 is 6.09 Å². The molecule has 1 aromatic rings. The molecule has 0 aliphatic carbocycles. The molecule has 4 nitrogen and oxygen atoms in total. The molecule has 1 aliphatic heterocycles. The Kier molecular flexibility index (Phi) is 4.52. The third kappa shape index (κ3) is 3.80. The van der Waals surface area contributed by atoms with Gasteiger partial charge in [0.2, 0.25) is 0 Å². The number of carbonyl (C=O) groups is 1. The molecule has 0 radical (unpaired) electrons. The van der Waals surface area contributed by atoms with E-state index in [9.17, 15) is 4.79 Å². The summed E-state index contributed by atoms with van der Waals surface area (Å²) in [4.78, 5) is 14.5. The minimum absolute atomic E-state index is 0.111. The van der Waals surface area contributed by atoms with E-state index < -0.39 is 5.60 Å². The molecule has 1 aliphatic rings. The van der Waals surface area contributed by atoms with Crippen molar-refractivity contribution in [2.24, 2.45) is 5.41 Å². The van der Waals surface area contributed by atoms with Gasteiger partial charge in [-0.05, 0) is 26.3 Å². The Bertz CT molecular complexity index is 513. The summed E-state index contributed by atoms with van der Waals surface area (Å²) >= 11 is 0. The highest BCUT2D eigenvalue weighted by molar-refractivity contribution is 5.69. The molecule has 4 heteroatoms. The van der Waals surface area contributed by atoms with Crippen LogP contribution in [0.25, 0.3) is 0 Å². The Labute approximate surface area is 133 Å². The summed E-state index contributed by atoms with van der Waals surface area (Å²) in [5.41, 5.74) is 0.365. The summed E-state index contributed by atoms with van der Waals surface area (Å²) in [6.45, 7) is 12.3. The molecular formula is C18H27NO3. The number of benzene rings is 1.